The van der Waals surface area contributed by atoms with Crippen LogP contribution in [0.4, 0.5) is 0 Å². The normalized spacial score (nSPS) is 16.8. The summed E-state index contributed by atoms with van der Waals surface area (Å²) in [6.07, 6.45) is 3.83. The fraction of sp³-hybridized carbons (Fsp3) is 0.391. The van der Waals surface area contributed by atoms with Crippen molar-refractivity contribution in [3.63, 3.8) is 0 Å². The summed E-state index contributed by atoms with van der Waals surface area (Å²) in [6.45, 7) is 0.685. The van der Waals surface area contributed by atoms with Crippen LogP contribution >= 0.6 is 11.8 Å². The molecule has 0 spiro atoms. The molecule has 0 aliphatic carbocycles. The number of thioether (sulfide) groups is 1. The molecule has 32 heavy (non-hydrogen) atoms. The van der Waals surface area contributed by atoms with E-state index >= 15 is 0 Å². The van der Waals surface area contributed by atoms with Crippen molar-refractivity contribution in [1.82, 2.24) is 19.6 Å². The molecular weight excluding hydrogens is 444 g/mol. The molecule has 1 aliphatic rings. The Morgan fingerprint density at radius 2 is 1.84 bits per heavy atom. The zero-order valence-electron chi connectivity index (χ0n) is 18.0. The molecule has 4 rings (SSSR count). The third-order valence-electron chi connectivity index (χ3n) is 5.87. The minimum Gasteiger partial charge on any atom is -0.346 e. The number of aromatic amines is 1. The Morgan fingerprint density at radius 3 is 2.53 bits per heavy atom. The van der Waals surface area contributed by atoms with Crippen LogP contribution in [0, 0.1) is 5.92 Å². The van der Waals surface area contributed by atoms with Crippen LogP contribution in [0.2, 0.25) is 0 Å². The van der Waals surface area contributed by atoms with Crippen LogP contribution in [0.1, 0.15) is 31.1 Å². The Kier molecular flexibility index (Phi) is 7.17. The molecular formula is C23H28N4O3S2. The van der Waals surface area contributed by atoms with Crippen LogP contribution in [0.5, 0.6) is 0 Å². The molecule has 3 aromatic rings. The van der Waals surface area contributed by atoms with Gasteiger partial charge in [-0.1, -0.05) is 30.3 Å². The maximum Gasteiger partial charge on any atom is 0.243 e. The van der Waals surface area contributed by atoms with E-state index in [1.54, 1.807) is 42.1 Å². The number of rotatable bonds is 8. The van der Waals surface area contributed by atoms with Crippen molar-refractivity contribution >= 4 is 38.7 Å². The number of aromatic nitrogens is 2. The maximum atomic E-state index is 13.1. The summed E-state index contributed by atoms with van der Waals surface area (Å²) >= 11 is 1.73. The smallest absolute Gasteiger partial charge is 0.243 e. The quantitative estimate of drug-likeness (QED) is 0.523. The number of fused-ring (bicyclic) bond motifs is 1. The van der Waals surface area contributed by atoms with Gasteiger partial charge < -0.3 is 10.3 Å². The molecule has 1 amide bonds. The number of carbonyl (C=O) groups is 1. The molecule has 1 saturated heterocycles. The molecule has 2 heterocycles. The van der Waals surface area contributed by atoms with Gasteiger partial charge in [-0.05, 0) is 55.5 Å². The highest BCUT2D eigenvalue weighted by atomic mass is 32.2. The summed E-state index contributed by atoms with van der Waals surface area (Å²) in [6, 6.07) is 16.1. The molecule has 1 fully saturated rings. The second kappa shape index (κ2) is 10.1. The second-order valence-electron chi connectivity index (χ2n) is 7.97. The number of benzene rings is 2. The molecule has 1 atom stereocenters. The highest BCUT2D eigenvalue weighted by Crippen LogP contribution is 2.26. The number of sulfonamides is 1. The number of nitrogens with one attached hydrogen (secondary N) is 2. The lowest BCUT2D eigenvalue weighted by Gasteiger charge is -2.31. The fourth-order valence-corrected chi connectivity index (χ4v) is 6.00. The largest absolute Gasteiger partial charge is 0.346 e. The third kappa shape index (κ3) is 5.00. The number of nitrogens with zero attached hydrogens (tertiary/aromatic N) is 2. The number of carbonyl (C=O) groups excluding carboxylic acids is 1. The minimum absolute atomic E-state index is 0.0340. The summed E-state index contributed by atoms with van der Waals surface area (Å²) in [7, 11) is -3.52. The van der Waals surface area contributed by atoms with Gasteiger partial charge in [-0.2, -0.15) is 16.1 Å². The Balaban J connectivity index is 1.41. The molecule has 0 radical (unpaired) electrons. The summed E-state index contributed by atoms with van der Waals surface area (Å²) in [4.78, 5) is 21.4. The third-order valence-corrected chi connectivity index (χ3v) is 8.43. The number of para-hydroxylation sites is 2. The molecule has 2 N–H and O–H groups in total. The van der Waals surface area contributed by atoms with Gasteiger partial charge in [0.15, 0.2) is 0 Å². The Bertz CT molecular complexity index is 1120. The van der Waals surface area contributed by atoms with Crippen LogP contribution in [-0.2, 0) is 14.8 Å². The summed E-state index contributed by atoms with van der Waals surface area (Å²) in [5.41, 5.74) is 1.83. The summed E-state index contributed by atoms with van der Waals surface area (Å²) in [5.74, 6) is 1.42. The number of imidazole rings is 1. The van der Waals surface area contributed by atoms with Crippen molar-refractivity contribution in [3.05, 3.63) is 60.4 Å². The zero-order valence-corrected chi connectivity index (χ0v) is 19.7. The SMILES string of the molecule is CSCCC(NC(=O)C1CCN(S(=O)(=O)c2ccccc2)CC1)c1nc2ccccc2[nH]1. The van der Waals surface area contributed by atoms with Crippen molar-refractivity contribution < 1.29 is 13.2 Å². The number of hydrogen-bond donors (Lipinski definition) is 2. The number of hydrogen-bond acceptors (Lipinski definition) is 5. The van der Waals surface area contributed by atoms with Crippen LogP contribution < -0.4 is 5.32 Å². The molecule has 1 aromatic heterocycles. The van der Waals surface area contributed by atoms with Crippen molar-refractivity contribution in [2.75, 3.05) is 25.1 Å². The van der Waals surface area contributed by atoms with E-state index in [2.05, 4.69) is 15.3 Å². The Labute approximate surface area is 193 Å². The standard InChI is InChI=1S/C23H28N4O3S2/c1-31-16-13-21(22-24-19-9-5-6-10-20(19)25-22)26-23(28)17-11-14-27(15-12-17)32(29,30)18-7-3-2-4-8-18/h2-10,17,21H,11-16H2,1H3,(H,24,25)(H,26,28). The van der Waals surface area contributed by atoms with Crippen molar-refractivity contribution in [2.24, 2.45) is 5.92 Å². The number of piperidine rings is 1. The Hall–Kier alpha value is -2.36. The lowest BCUT2D eigenvalue weighted by Crippen LogP contribution is -2.43. The van der Waals surface area contributed by atoms with Gasteiger partial charge in [0.2, 0.25) is 15.9 Å². The van der Waals surface area contributed by atoms with Gasteiger partial charge in [0, 0.05) is 19.0 Å². The van der Waals surface area contributed by atoms with Gasteiger partial charge >= 0.3 is 0 Å². The van der Waals surface area contributed by atoms with E-state index in [-0.39, 0.29) is 17.9 Å². The predicted octanol–water partition coefficient (Wildman–Crippen LogP) is 3.57. The molecule has 0 bridgehead atoms. The van der Waals surface area contributed by atoms with E-state index in [4.69, 9.17) is 0 Å². The molecule has 1 unspecified atom stereocenters. The van der Waals surface area contributed by atoms with Gasteiger partial charge in [-0.25, -0.2) is 13.4 Å². The first-order valence-corrected chi connectivity index (χ1v) is 13.6. The van der Waals surface area contributed by atoms with Gasteiger partial charge in [-0.3, -0.25) is 4.79 Å². The molecule has 9 heteroatoms. The molecule has 7 nitrogen and oxygen atoms in total. The second-order valence-corrected chi connectivity index (χ2v) is 10.9. The average molecular weight is 473 g/mol. The lowest BCUT2D eigenvalue weighted by atomic mass is 9.96. The van der Waals surface area contributed by atoms with Crippen molar-refractivity contribution in [1.29, 1.82) is 0 Å². The van der Waals surface area contributed by atoms with E-state index in [1.807, 2.05) is 30.5 Å². The fourth-order valence-electron chi connectivity index (χ4n) is 4.04. The highest BCUT2D eigenvalue weighted by Gasteiger charge is 2.33. The summed E-state index contributed by atoms with van der Waals surface area (Å²) < 4.78 is 27.2. The van der Waals surface area contributed by atoms with E-state index in [9.17, 15) is 13.2 Å². The van der Waals surface area contributed by atoms with E-state index < -0.39 is 10.0 Å². The topological polar surface area (TPSA) is 95.2 Å². The average Bonchev–Trinajstić information content (AvgIpc) is 3.26. The zero-order chi connectivity index (χ0) is 22.6. The van der Waals surface area contributed by atoms with Crippen LogP contribution in [0.15, 0.2) is 59.5 Å². The monoisotopic (exact) mass is 472 g/mol. The first kappa shape index (κ1) is 22.8. The number of amides is 1. The van der Waals surface area contributed by atoms with Gasteiger partial charge in [0.1, 0.15) is 5.82 Å². The maximum absolute atomic E-state index is 13.1. The van der Waals surface area contributed by atoms with E-state index in [0.29, 0.717) is 30.8 Å². The molecule has 1 aliphatic heterocycles. The highest BCUT2D eigenvalue weighted by molar-refractivity contribution is 7.98. The first-order chi connectivity index (χ1) is 15.5. The van der Waals surface area contributed by atoms with Gasteiger partial charge in [0.25, 0.3) is 0 Å². The van der Waals surface area contributed by atoms with Gasteiger partial charge in [-0.15, -0.1) is 0 Å². The van der Waals surface area contributed by atoms with E-state index in [0.717, 1.165) is 29.0 Å². The number of H-pyrrole nitrogens is 1. The van der Waals surface area contributed by atoms with Crippen LogP contribution in [0.25, 0.3) is 11.0 Å². The molecule has 2 aromatic carbocycles. The molecule has 0 saturated carbocycles. The van der Waals surface area contributed by atoms with Crippen LogP contribution in [-0.4, -0.2) is 53.7 Å². The van der Waals surface area contributed by atoms with E-state index in [1.165, 1.54) is 4.31 Å². The predicted molar refractivity (Wildman–Crippen MR) is 128 cm³/mol. The van der Waals surface area contributed by atoms with Crippen molar-refractivity contribution in [3.8, 4) is 0 Å². The summed E-state index contributed by atoms with van der Waals surface area (Å²) in [5, 5.41) is 3.17. The van der Waals surface area contributed by atoms with Crippen molar-refractivity contribution in [2.45, 2.75) is 30.2 Å². The van der Waals surface area contributed by atoms with Gasteiger partial charge in [0.05, 0.1) is 22.0 Å². The lowest BCUT2D eigenvalue weighted by molar-refractivity contribution is -0.127. The first-order valence-electron chi connectivity index (χ1n) is 10.8. The van der Waals surface area contributed by atoms with Crippen LogP contribution in [0.3, 0.4) is 0 Å². The minimum atomic E-state index is -3.52. The molecule has 170 valence electrons. The Morgan fingerprint density at radius 1 is 1.16 bits per heavy atom.